The number of nitrogens with one attached hydrogen (secondary N) is 1. The van der Waals surface area contributed by atoms with E-state index >= 15 is 0 Å². The molecule has 150 valence electrons. The van der Waals surface area contributed by atoms with Gasteiger partial charge in [0, 0.05) is 18.0 Å². The number of esters is 1. The first kappa shape index (κ1) is 20.1. The topological polar surface area (TPSA) is 86.8 Å². The Morgan fingerprint density at radius 3 is 2.48 bits per heavy atom. The summed E-state index contributed by atoms with van der Waals surface area (Å²) in [7, 11) is 2.83. The van der Waals surface area contributed by atoms with E-state index in [1.807, 2.05) is 31.2 Å². The molecule has 1 N–H and O–H groups in total. The van der Waals surface area contributed by atoms with Crippen LogP contribution in [0.3, 0.4) is 0 Å². The summed E-state index contributed by atoms with van der Waals surface area (Å²) in [5, 5.41) is 3.44. The van der Waals surface area contributed by atoms with Crippen LogP contribution in [0.25, 0.3) is 10.9 Å². The SMILES string of the molecule is COC(=O)c1cc(OCC(=O)NCc2ccc(C)cc2)c2cc(OC)ccc2n1. The van der Waals surface area contributed by atoms with Gasteiger partial charge >= 0.3 is 5.97 Å². The maximum absolute atomic E-state index is 12.2. The van der Waals surface area contributed by atoms with Gasteiger partial charge in [-0.15, -0.1) is 0 Å². The number of carbonyl (C=O) groups excluding carboxylic acids is 2. The van der Waals surface area contributed by atoms with Gasteiger partial charge in [0.15, 0.2) is 12.3 Å². The maximum atomic E-state index is 12.2. The number of methoxy groups -OCH3 is 2. The lowest BCUT2D eigenvalue weighted by atomic mass is 10.1. The van der Waals surface area contributed by atoms with Crippen LogP contribution in [0.5, 0.6) is 11.5 Å². The molecule has 0 saturated heterocycles. The number of aryl methyl sites for hydroxylation is 1. The van der Waals surface area contributed by atoms with E-state index in [1.54, 1.807) is 25.3 Å². The molecule has 2 aromatic carbocycles. The second kappa shape index (κ2) is 9.05. The molecule has 3 rings (SSSR count). The van der Waals surface area contributed by atoms with Gasteiger partial charge in [-0.3, -0.25) is 4.79 Å². The van der Waals surface area contributed by atoms with Crippen LogP contribution in [0.4, 0.5) is 0 Å². The van der Waals surface area contributed by atoms with Gasteiger partial charge in [-0.25, -0.2) is 9.78 Å². The van der Waals surface area contributed by atoms with Crippen molar-refractivity contribution in [1.82, 2.24) is 10.3 Å². The summed E-state index contributed by atoms with van der Waals surface area (Å²) in [5.41, 5.74) is 2.78. The number of rotatable bonds is 7. The van der Waals surface area contributed by atoms with Gasteiger partial charge in [-0.05, 0) is 30.7 Å². The lowest BCUT2D eigenvalue weighted by Crippen LogP contribution is -2.28. The molecule has 1 aromatic heterocycles. The molecule has 0 bridgehead atoms. The third-order valence-electron chi connectivity index (χ3n) is 4.34. The van der Waals surface area contributed by atoms with E-state index in [0.29, 0.717) is 28.9 Å². The average molecular weight is 394 g/mol. The summed E-state index contributed by atoms with van der Waals surface area (Å²) in [5.74, 6) is 0.0908. The van der Waals surface area contributed by atoms with E-state index in [4.69, 9.17) is 14.2 Å². The molecule has 0 aliphatic heterocycles. The fourth-order valence-corrected chi connectivity index (χ4v) is 2.73. The van der Waals surface area contributed by atoms with Crippen LogP contribution in [0.2, 0.25) is 0 Å². The standard InChI is InChI=1S/C22H22N2O5/c1-14-4-6-15(7-5-14)12-23-21(25)13-29-20-11-19(22(26)28-3)24-18-9-8-16(27-2)10-17(18)20/h4-11H,12-13H2,1-3H3,(H,23,25). The molecule has 0 spiro atoms. The second-order valence-electron chi connectivity index (χ2n) is 6.43. The van der Waals surface area contributed by atoms with Crippen LogP contribution >= 0.6 is 0 Å². The van der Waals surface area contributed by atoms with Crippen molar-refractivity contribution >= 4 is 22.8 Å². The zero-order valence-electron chi connectivity index (χ0n) is 16.5. The van der Waals surface area contributed by atoms with Crippen LogP contribution in [-0.2, 0) is 16.1 Å². The van der Waals surface area contributed by atoms with Crippen molar-refractivity contribution < 1.29 is 23.8 Å². The number of nitrogens with zero attached hydrogens (tertiary/aromatic N) is 1. The summed E-state index contributed by atoms with van der Waals surface area (Å²) in [6.45, 7) is 2.20. The van der Waals surface area contributed by atoms with Crippen molar-refractivity contribution in [2.75, 3.05) is 20.8 Å². The number of carbonyl (C=O) groups is 2. The highest BCUT2D eigenvalue weighted by Gasteiger charge is 2.15. The van der Waals surface area contributed by atoms with Crippen molar-refractivity contribution in [3.8, 4) is 11.5 Å². The Labute approximate surface area is 168 Å². The fraction of sp³-hybridized carbons (Fsp3) is 0.227. The minimum Gasteiger partial charge on any atom is -0.497 e. The summed E-state index contributed by atoms with van der Waals surface area (Å²) in [6, 6.07) is 14.5. The second-order valence-corrected chi connectivity index (χ2v) is 6.43. The smallest absolute Gasteiger partial charge is 0.356 e. The Morgan fingerprint density at radius 2 is 1.79 bits per heavy atom. The molecule has 0 fully saturated rings. The minimum atomic E-state index is -0.587. The Bertz CT molecular complexity index is 1030. The third-order valence-corrected chi connectivity index (χ3v) is 4.34. The van der Waals surface area contributed by atoms with Crippen LogP contribution in [0, 0.1) is 6.92 Å². The number of hydrogen-bond acceptors (Lipinski definition) is 6. The molecule has 1 heterocycles. The molecule has 7 heteroatoms. The Kier molecular flexibility index (Phi) is 6.29. The first-order valence-corrected chi connectivity index (χ1v) is 9.02. The van der Waals surface area contributed by atoms with Gasteiger partial charge in [0.2, 0.25) is 0 Å². The normalized spacial score (nSPS) is 10.4. The van der Waals surface area contributed by atoms with Gasteiger partial charge in [0.05, 0.1) is 19.7 Å². The van der Waals surface area contributed by atoms with Crippen molar-refractivity contribution in [3.63, 3.8) is 0 Å². The van der Waals surface area contributed by atoms with Crippen molar-refractivity contribution in [1.29, 1.82) is 0 Å². The molecule has 0 saturated carbocycles. The molecule has 0 aliphatic rings. The lowest BCUT2D eigenvalue weighted by molar-refractivity contribution is -0.123. The van der Waals surface area contributed by atoms with Crippen LogP contribution in [0.1, 0.15) is 21.6 Å². The molecule has 0 radical (unpaired) electrons. The van der Waals surface area contributed by atoms with Crippen molar-refractivity contribution in [2.45, 2.75) is 13.5 Å². The molecule has 0 unspecified atom stereocenters. The summed E-state index contributed by atoms with van der Waals surface area (Å²) >= 11 is 0. The molecule has 0 atom stereocenters. The number of pyridine rings is 1. The number of amides is 1. The van der Waals surface area contributed by atoms with Crippen LogP contribution < -0.4 is 14.8 Å². The largest absolute Gasteiger partial charge is 0.497 e. The molecule has 29 heavy (non-hydrogen) atoms. The minimum absolute atomic E-state index is 0.0974. The summed E-state index contributed by atoms with van der Waals surface area (Å²) in [4.78, 5) is 28.4. The number of benzene rings is 2. The predicted molar refractivity (Wildman–Crippen MR) is 108 cm³/mol. The zero-order chi connectivity index (χ0) is 20.8. The third kappa shape index (κ3) is 5.01. The van der Waals surface area contributed by atoms with Gasteiger partial charge in [-0.2, -0.15) is 0 Å². The Hall–Kier alpha value is -3.61. The number of ether oxygens (including phenoxy) is 3. The van der Waals surface area contributed by atoms with Crippen molar-refractivity contribution in [2.24, 2.45) is 0 Å². The van der Waals surface area contributed by atoms with E-state index in [1.165, 1.54) is 13.2 Å². The monoisotopic (exact) mass is 394 g/mol. The quantitative estimate of drug-likeness (QED) is 0.620. The van der Waals surface area contributed by atoms with E-state index in [-0.39, 0.29) is 18.2 Å². The molecular weight excluding hydrogens is 372 g/mol. The zero-order valence-corrected chi connectivity index (χ0v) is 16.5. The number of aromatic nitrogens is 1. The van der Waals surface area contributed by atoms with E-state index in [2.05, 4.69) is 10.3 Å². The van der Waals surface area contributed by atoms with Crippen LogP contribution in [-0.4, -0.2) is 37.7 Å². The van der Waals surface area contributed by atoms with E-state index < -0.39 is 5.97 Å². The molecular formula is C22H22N2O5. The number of hydrogen-bond donors (Lipinski definition) is 1. The number of fused-ring (bicyclic) bond motifs is 1. The summed E-state index contributed by atoms with van der Waals surface area (Å²) in [6.07, 6.45) is 0. The van der Waals surface area contributed by atoms with Gasteiger partial charge in [0.25, 0.3) is 5.91 Å². The molecule has 7 nitrogen and oxygen atoms in total. The molecule has 0 aliphatic carbocycles. The van der Waals surface area contributed by atoms with E-state index in [0.717, 1.165) is 11.1 Å². The predicted octanol–water partition coefficient (Wildman–Crippen LogP) is 3.03. The fourth-order valence-electron chi connectivity index (χ4n) is 2.73. The molecule has 1 amide bonds. The average Bonchev–Trinajstić information content (AvgIpc) is 2.75. The molecule has 3 aromatic rings. The van der Waals surface area contributed by atoms with Crippen LogP contribution in [0.15, 0.2) is 48.5 Å². The van der Waals surface area contributed by atoms with E-state index in [9.17, 15) is 9.59 Å². The van der Waals surface area contributed by atoms with Crippen molar-refractivity contribution in [3.05, 3.63) is 65.4 Å². The summed E-state index contributed by atoms with van der Waals surface area (Å²) < 4.78 is 15.7. The maximum Gasteiger partial charge on any atom is 0.356 e. The van der Waals surface area contributed by atoms with Gasteiger partial charge in [-0.1, -0.05) is 29.8 Å². The highest BCUT2D eigenvalue weighted by molar-refractivity contribution is 5.94. The highest BCUT2D eigenvalue weighted by atomic mass is 16.5. The highest BCUT2D eigenvalue weighted by Crippen LogP contribution is 2.29. The Morgan fingerprint density at radius 1 is 1.03 bits per heavy atom. The van der Waals surface area contributed by atoms with Gasteiger partial charge < -0.3 is 19.5 Å². The van der Waals surface area contributed by atoms with Gasteiger partial charge in [0.1, 0.15) is 11.5 Å². The first-order valence-electron chi connectivity index (χ1n) is 9.02. The Balaban J connectivity index is 1.75. The lowest BCUT2D eigenvalue weighted by Gasteiger charge is -2.12. The first-order chi connectivity index (χ1) is 14.0.